The zero-order valence-electron chi connectivity index (χ0n) is 12.4. The van der Waals surface area contributed by atoms with Crippen molar-refractivity contribution in [2.75, 3.05) is 13.2 Å². The maximum Gasteiger partial charge on any atom is 0.324 e. The molecule has 0 aromatic heterocycles. The molecule has 4 heteroatoms. The normalized spacial score (nSPS) is 16.2. The first-order valence-corrected chi connectivity index (χ1v) is 7.23. The van der Waals surface area contributed by atoms with Crippen LogP contribution in [0.5, 0.6) is 0 Å². The van der Waals surface area contributed by atoms with Gasteiger partial charge in [-0.1, -0.05) is 36.4 Å². The van der Waals surface area contributed by atoms with E-state index in [-0.39, 0.29) is 13.2 Å². The third-order valence-electron chi connectivity index (χ3n) is 3.67. The van der Waals surface area contributed by atoms with Crippen LogP contribution in [0.15, 0.2) is 36.4 Å². The molecule has 0 saturated carbocycles. The molecule has 0 bridgehead atoms. The summed E-state index contributed by atoms with van der Waals surface area (Å²) in [4.78, 5) is 24.6. The minimum Gasteiger partial charge on any atom is -0.465 e. The largest absolute Gasteiger partial charge is 0.465 e. The highest BCUT2D eigenvalue weighted by molar-refractivity contribution is 6.03. The maximum atomic E-state index is 12.3. The summed E-state index contributed by atoms with van der Waals surface area (Å²) in [6.07, 6.45) is 2.59. The van der Waals surface area contributed by atoms with E-state index in [1.165, 1.54) is 0 Å². The van der Waals surface area contributed by atoms with Crippen molar-refractivity contribution in [1.82, 2.24) is 0 Å². The summed E-state index contributed by atoms with van der Waals surface area (Å²) in [6, 6.07) is 9.75. The van der Waals surface area contributed by atoms with E-state index in [0.29, 0.717) is 12.8 Å². The first-order valence-electron chi connectivity index (χ1n) is 7.23. The molecule has 2 rings (SSSR count). The Kier molecular flexibility index (Phi) is 4.78. The smallest absolute Gasteiger partial charge is 0.324 e. The van der Waals surface area contributed by atoms with Gasteiger partial charge in [0.1, 0.15) is 0 Å². The molecule has 1 aromatic carbocycles. The fourth-order valence-electron chi connectivity index (χ4n) is 2.57. The molecule has 0 heterocycles. The van der Waals surface area contributed by atoms with Gasteiger partial charge in [-0.25, -0.2) is 0 Å². The fourth-order valence-corrected chi connectivity index (χ4v) is 2.57. The van der Waals surface area contributed by atoms with Crippen LogP contribution < -0.4 is 0 Å². The lowest BCUT2D eigenvalue weighted by atomic mass is 9.83. The second kappa shape index (κ2) is 6.57. The molecule has 0 fully saturated rings. The van der Waals surface area contributed by atoms with Crippen molar-refractivity contribution in [3.05, 3.63) is 42.0 Å². The molecule has 0 spiro atoms. The molecule has 0 amide bonds. The van der Waals surface area contributed by atoms with Crippen molar-refractivity contribution in [1.29, 1.82) is 0 Å². The van der Waals surface area contributed by atoms with Crippen molar-refractivity contribution in [3.8, 4) is 0 Å². The number of carbonyl (C=O) groups is 2. The van der Waals surface area contributed by atoms with Crippen LogP contribution >= 0.6 is 0 Å². The van der Waals surface area contributed by atoms with Gasteiger partial charge in [-0.05, 0) is 37.8 Å². The molecule has 1 aromatic rings. The zero-order chi connectivity index (χ0) is 15.3. The number of esters is 2. The summed E-state index contributed by atoms with van der Waals surface area (Å²) in [5, 5.41) is 0. The van der Waals surface area contributed by atoms with Gasteiger partial charge in [0, 0.05) is 0 Å². The zero-order valence-corrected chi connectivity index (χ0v) is 12.4. The third-order valence-corrected chi connectivity index (χ3v) is 3.67. The van der Waals surface area contributed by atoms with Crippen LogP contribution in [-0.2, 0) is 19.1 Å². The van der Waals surface area contributed by atoms with Gasteiger partial charge >= 0.3 is 11.9 Å². The number of benzene rings is 1. The highest BCUT2D eigenvalue weighted by Gasteiger charge is 2.51. The summed E-state index contributed by atoms with van der Waals surface area (Å²) in [5.74, 6) is -0.990. The second-order valence-electron chi connectivity index (χ2n) is 5.00. The summed E-state index contributed by atoms with van der Waals surface area (Å²) in [5.41, 5.74) is 0.779. The van der Waals surface area contributed by atoms with Crippen LogP contribution in [0.2, 0.25) is 0 Å². The van der Waals surface area contributed by atoms with E-state index >= 15 is 0 Å². The molecule has 1 aliphatic carbocycles. The Labute approximate surface area is 124 Å². The SMILES string of the molecule is CCOC(=O)C1(C(=O)OCC)CC=C(c2ccccc2)C1. The van der Waals surface area contributed by atoms with Crippen LogP contribution in [0.25, 0.3) is 5.57 Å². The number of rotatable bonds is 5. The lowest BCUT2D eigenvalue weighted by molar-refractivity contribution is -0.171. The molecule has 1 aliphatic rings. The Bertz CT molecular complexity index is 527. The molecule has 112 valence electrons. The van der Waals surface area contributed by atoms with Crippen LogP contribution in [0.3, 0.4) is 0 Å². The summed E-state index contributed by atoms with van der Waals surface area (Å²) in [6.45, 7) is 3.97. The Balaban J connectivity index is 2.25. The Hall–Kier alpha value is -2.10. The van der Waals surface area contributed by atoms with Gasteiger partial charge in [0.15, 0.2) is 5.41 Å². The van der Waals surface area contributed by atoms with Crippen molar-refractivity contribution in [2.45, 2.75) is 26.7 Å². The van der Waals surface area contributed by atoms with Crippen LogP contribution in [-0.4, -0.2) is 25.2 Å². The molecule has 0 N–H and O–H groups in total. The van der Waals surface area contributed by atoms with Gasteiger partial charge in [-0.2, -0.15) is 0 Å². The van der Waals surface area contributed by atoms with Gasteiger partial charge in [-0.15, -0.1) is 0 Å². The topological polar surface area (TPSA) is 52.6 Å². The van der Waals surface area contributed by atoms with E-state index in [1.54, 1.807) is 13.8 Å². The first kappa shape index (κ1) is 15.3. The van der Waals surface area contributed by atoms with E-state index in [1.807, 2.05) is 36.4 Å². The first-order chi connectivity index (χ1) is 10.1. The third kappa shape index (κ3) is 2.99. The van der Waals surface area contributed by atoms with Gasteiger partial charge in [0.05, 0.1) is 13.2 Å². The van der Waals surface area contributed by atoms with Crippen molar-refractivity contribution >= 4 is 17.5 Å². The monoisotopic (exact) mass is 288 g/mol. The Morgan fingerprint density at radius 1 is 1.05 bits per heavy atom. The quantitative estimate of drug-likeness (QED) is 0.617. The molecule has 0 unspecified atom stereocenters. The average molecular weight is 288 g/mol. The highest BCUT2D eigenvalue weighted by Crippen LogP contribution is 2.43. The van der Waals surface area contributed by atoms with Gasteiger partial charge in [0.2, 0.25) is 0 Å². The second-order valence-corrected chi connectivity index (χ2v) is 5.00. The van der Waals surface area contributed by atoms with Gasteiger partial charge < -0.3 is 9.47 Å². The van der Waals surface area contributed by atoms with E-state index in [0.717, 1.165) is 11.1 Å². The Morgan fingerprint density at radius 3 is 2.14 bits per heavy atom. The lowest BCUT2D eigenvalue weighted by Crippen LogP contribution is -2.40. The number of ether oxygens (including phenoxy) is 2. The predicted molar refractivity (Wildman–Crippen MR) is 79.4 cm³/mol. The van der Waals surface area contributed by atoms with Crippen LogP contribution in [0.1, 0.15) is 32.3 Å². The molecular formula is C17H20O4. The minimum absolute atomic E-state index is 0.251. The van der Waals surface area contributed by atoms with E-state index in [2.05, 4.69) is 0 Å². The lowest BCUT2D eigenvalue weighted by Gasteiger charge is -2.24. The molecule has 0 atom stereocenters. The van der Waals surface area contributed by atoms with Crippen molar-refractivity contribution < 1.29 is 19.1 Å². The summed E-state index contributed by atoms with van der Waals surface area (Å²) < 4.78 is 10.2. The molecular weight excluding hydrogens is 268 g/mol. The summed E-state index contributed by atoms with van der Waals surface area (Å²) in [7, 11) is 0. The number of hydrogen-bond donors (Lipinski definition) is 0. The van der Waals surface area contributed by atoms with E-state index in [4.69, 9.17) is 9.47 Å². The van der Waals surface area contributed by atoms with E-state index < -0.39 is 17.4 Å². The summed E-state index contributed by atoms with van der Waals surface area (Å²) >= 11 is 0. The fraction of sp³-hybridized carbons (Fsp3) is 0.412. The molecule has 21 heavy (non-hydrogen) atoms. The Morgan fingerprint density at radius 2 is 1.62 bits per heavy atom. The highest BCUT2D eigenvalue weighted by atomic mass is 16.6. The van der Waals surface area contributed by atoms with Gasteiger partial charge in [0.25, 0.3) is 0 Å². The average Bonchev–Trinajstić information content (AvgIpc) is 2.95. The predicted octanol–water partition coefficient (Wildman–Crippen LogP) is 2.98. The molecule has 0 saturated heterocycles. The maximum absolute atomic E-state index is 12.3. The molecule has 0 radical (unpaired) electrons. The number of allylic oxidation sites excluding steroid dienone is 2. The standard InChI is InChI=1S/C17H20O4/c1-3-20-15(18)17(16(19)21-4-2)11-10-14(12-17)13-8-6-5-7-9-13/h5-10H,3-4,11-12H2,1-2H3. The molecule has 0 aliphatic heterocycles. The van der Waals surface area contributed by atoms with Gasteiger partial charge in [-0.3, -0.25) is 9.59 Å². The molecule has 4 nitrogen and oxygen atoms in total. The number of carbonyl (C=O) groups excluding carboxylic acids is 2. The van der Waals surface area contributed by atoms with Crippen LogP contribution in [0, 0.1) is 5.41 Å². The minimum atomic E-state index is -1.23. The van der Waals surface area contributed by atoms with Crippen molar-refractivity contribution in [3.63, 3.8) is 0 Å². The number of hydrogen-bond acceptors (Lipinski definition) is 4. The van der Waals surface area contributed by atoms with Crippen LogP contribution in [0.4, 0.5) is 0 Å². The van der Waals surface area contributed by atoms with Crippen molar-refractivity contribution in [2.24, 2.45) is 5.41 Å². The van der Waals surface area contributed by atoms with E-state index in [9.17, 15) is 9.59 Å².